The van der Waals surface area contributed by atoms with Crippen molar-refractivity contribution in [2.24, 2.45) is 0 Å². The Balaban J connectivity index is 2.62. The molecule has 1 aromatic carbocycles. The summed E-state index contributed by atoms with van der Waals surface area (Å²) in [4.78, 5) is 11.7. The van der Waals surface area contributed by atoms with Crippen molar-refractivity contribution in [2.75, 3.05) is 33.7 Å². The van der Waals surface area contributed by atoms with Crippen LogP contribution in [0.5, 0.6) is 0 Å². The van der Waals surface area contributed by atoms with Gasteiger partial charge in [-0.15, -0.1) is 0 Å². The lowest BCUT2D eigenvalue weighted by Gasteiger charge is -2.16. The van der Waals surface area contributed by atoms with Gasteiger partial charge < -0.3 is 10.6 Å². The minimum atomic E-state index is -3.61. The van der Waals surface area contributed by atoms with Crippen molar-refractivity contribution >= 4 is 15.9 Å². The number of hydrogen-bond acceptors (Lipinski definition) is 4. The van der Waals surface area contributed by atoms with Crippen molar-refractivity contribution in [3.8, 4) is 0 Å². The third kappa shape index (κ3) is 4.62. The maximum absolute atomic E-state index is 12.1. The van der Waals surface area contributed by atoms with Gasteiger partial charge in [0.25, 0.3) is 0 Å². The molecule has 0 aliphatic heterocycles. The van der Waals surface area contributed by atoms with Crippen LogP contribution in [0.1, 0.15) is 0 Å². The van der Waals surface area contributed by atoms with Crippen LogP contribution in [0.25, 0.3) is 0 Å². The fourth-order valence-electron chi connectivity index (χ4n) is 1.44. The number of amides is 1. The topological polar surface area (TPSA) is 78.5 Å². The molecule has 0 unspecified atom stereocenters. The van der Waals surface area contributed by atoms with E-state index in [0.717, 1.165) is 4.31 Å². The molecule has 0 radical (unpaired) electrons. The summed E-state index contributed by atoms with van der Waals surface area (Å²) in [6.45, 7) is 0.913. The summed E-state index contributed by atoms with van der Waals surface area (Å²) in [5.41, 5.74) is 0. The fourth-order valence-corrected chi connectivity index (χ4v) is 2.59. The van der Waals surface area contributed by atoms with Crippen LogP contribution >= 0.6 is 0 Å². The van der Waals surface area contributed by atoms with E-state index in [9.17, 15) is 13.2 Å². The number of sulfonamides is 1. The monoisotopic (exact) mass is 285 g/mol. The molecule has 0 atom stereocenters. The molecule has 1 aromatic rings. The molecule has 0 bridgehead atoms. The Bertz CT molecular complexity index is 502. The van der Waals surface area contributed by atoms with Crippen LogP contribution in [0.15, 0.2) is 35.2 Å². The Labute approximate surface area is 113 Å². The second-order valence-corrected chi connectivity index (χ2v) is 6.07. The van der Waals surface area contributed by atoms with Crippen LogP contribution < -0.4 is 10.6 Å². The van der Waals surface area contributed by atoms with E-state index in [0.29, 0.717) is 13.1 Å². The molecule has 106 valence electrons. The second-order valence-electron chi connectivity index (χ2n) is 4.03. The lowest BCUT2D eigenvalue weighted by atomic mass is 10.4. The molecule has 6 nitrogen and oxygen atoms in total. The summed E-state index contributed by atoms with van der Waals surface area (Å²) < 4.78 is 25.3. The largest absolute Gasteiger partial charge is 0.354 e. The Hall–Kier alpha value is -1.44. The summed E-state index contributed by atoms with van der Waals surface area (Å²) in [5, 5.41) is 5.52. The fraction of sp³-hybridized carbons (Fsp3) is 0.417. The summed E-state index contributed by atoms with van der Waals surface area (Å²) in [6, 6.07) is 8.04. The van der Waals surface area contributed by atoms with Crippen LogP contribution in [0, 0.1) is 0 Å². The number of hydrogen-bond donors (Lipinski definition) is 2. The zero-order chi connectivity index (χ0) is 14.3. The summed E-state index contributed by atoms with van der Waals surface area (Å²) in [6.07, 6.45) is 0. The van der Waals surface area contributed by atoms with E-state index in [1.807, 2.05) is 0 Å². The summed E-state index contributed by atoms with van der Waals surface area (Å²) in [7, 11) is -0.443. The number of nitrogens with zero attached hydrogens (tertiary/aromatic N) is 1. The predicted molar refractivity (Wildman–Crippen MR) is 73.2 cm³/mol. The van der Waals surface area contributed by atoms with Crippen LogP contribution in [0.4, 0.5) is 0 Å². The molecular formula is C12H19N3O3S. The minimum Gasteiger partial charge on any atom is -0.354 e. The first-order chi connectivity index (χ1) is 8.98. The van der Waals surface area contributed by atoms with Gasteiger partial charge in [0, 0.05) is 20.1 Å². The molecule has 0 aliphatic rings. The van der Waals surface area contributed by atoms with E-state index in [2.05, 4.69) is 10.6 Å². The standard InChI is InChI=1S/C12H19N3O3S/c1-13-8-9-14-12(16)10-15(2)19(17,18)11-6-4-3-5-7-11/h3-7,13H,8-10H2,1-2H3,(H,14,16). The molecule has 0 fully saturated rings. The van der Waals surface area contributed by atoms with E-state index in [1.54, 1.807) is 25.2 Å². The van der Waals surface area contributed by atoms with Crippen LogP contribution in [0.2, 0.25) is 0 Å². The molecule has 1 amide bonds. The molecule has 7 heteroatoms. The van der Waals surface area contributed by atoms with Crippen molar-refractivity contribution < 1.29 is 13.2 Å². The molecule has 19 heavy (non-hydrogen) atoms. The highest BCUT2D eigenvalue weighted by atomic mass is 32.2. The molecule has 0 saturated heterocycles. The number of benzene rings is 1. The van der Waals surface area contributed by atoms with Gasteiger partial charge in [-0.25, -0.2) is 8.42 Å². The van der Waals surface area contributed by atoms with Gasteiger partial charge in [-0.05, 0) is 19.2 Å². The van der Waals surface area contributed by atoms with Gasteiger partial charge in [0.1, 0.15) is 0 Å². The SMILES string of the molecule is CNCCNC(=O)CN(C)S(=O)(=O)c1ccccc1. The molecule has 0 saturated carbocycles. The van der Waals surface area contributed by atoms with Crippen molar-refractivity contribution in [3.63, 3.8) is 0 Å². The van der Waals surface area contributed by atoms with Gasteiger partial charge in [0.15, 0.2) is 0 Å². The van der Waals surface area contributed by atoms with Gasteiger partial charge >= 0.3 is 0 Å². The zero-order valence-corrected chi connectivity index (χ0v) is 11.9. The average Bonchev–Trinajstić information content (AvgIpc) is 2.40. The average molecular weight is 285 g/mol. The van der Waals surface area contributed by atoms with Crippen molar-refractivity contribution in [2.45, 2.75) is 4.90 Å². The van der Waals surface area contributed by atoms with E-state index >= 15 is 0 Å². The quantitative estimate of drug-likeness (QED) is 0.671. The summed E-state index contributed by atoms with van der Waals surface area (Å²) in [5.74, 6) is -0.322. The van der Waals surface area contributed by atoms with Gasteiger partial charge in [-0.3, -0.25) is 4.79 Å². The smallest absolute Gasteiger partial charge is 0.243 e. The molecule has 0 heterocycles. The third-order valence-corrected chi connectivity index (χ3v) is 4.33. The molecule has 2 N–H and O–H groups in total. The van der Waals surface area contributed by atoms with Crippen LogP contribution in [-0.2, 0) is 14.8 Å². The van der Waals surface area contributed by atoms with Gasteiger partial charge in [0.2, 0.25) is 15.9 Å². The van der Waals surface area contributed by atoms with Crippen molar-refractivity contribution in [3.05, 3.63) is 30.3 Å². The minimum absolute atomic E-state index is 0.181. The Morgan fingerprint density at radius 2 is 1.84 bits per heavy atom. The highest BCUT2D eigenvalue weighted by Crippen LogP contribution is 2.12. The lowest BCUT2D eigenvalue weighted by Crippen LogP contribution is -2.40. The van der Waals surface area contributed by atoms with E-state index in [4.69, 9.17) is 0 Å². The van der Waals surface area contributed by atoms with Crippen molar-refractivity contribution in [1.29, 1.82) is 0 Å². The first-order valence-electron chi connectivity index (χ1n) is 5.91. The number of carbonyl (C=O) groups excluding carboxylic acids is 1. The number of likely N-dealkylation sites (N-methyl/N-ethyl adjacent to an activating group) is 2. The van der Waals surface area contributed by atoms with Crippen molar-refractivity contribution in [1.82, 2.24) is 14.9 Å². The van der Waals surface area contributed by atoms with Crippen LogP contribution in [0.3, 0.4) is 0 Å². The summed E-state index contributed by atoms with van der Waals surface area (Å²) >= 11 is 0. The maximum atomic E-state index is 12.1. The maximum Gasteiger partial charge on any atom is 0.243 e. The molecule has 0 spiro atoms. The highest BCUT2D eigenvalue weighted by Gasteiger charge is 2.22. The number of nitrogens with one attached hydrogen (secondary N) is 2. The molecule has 0 aliphatic carbocycles. The Kier molecular flexibility index (Phi) is 5.94. The first kappa shape index (κ1) is 15.6. The zero-order valence-electron chi connectivity index (χ0n) is 11.1. The Morgan fingerprint density at radius 1 is 1.21 bits per heavy atom. The normalized spacial score (nSPS) is 11.5. The van der Waals surface area contributed by atoms with Gasteiger partial charge in [0.05, 0.1) is 11.4 Å². The number of rotatable bonds is 7. The first-order valence-corrected chi connectivity index (χ1v) is 7.35. The van der Waals surface area contributed by atoms with E-state index in [1.165, 1.54) is 19.2 Å². The number of carbonyl (C=O) groups is 1. The molecule has 1 rings (SSSR count). The molecular weight excluding hydrogens is 266 g/mol. The predicted octanol–water partition coefficient (Wildman–Crippen LogP) is -0.357. The van der Waals surface area contributed by atoms with E-state index < -0.39 is 10.0 Å². The second kappa shape index (κ2) is 7.22. The van der Waals surface area contributed by atoms with Crippen LogP contribution in [-0.4, -0.2) is 52.4 Å². The lowest BCUT2D eigenvalue weighted by molar-refractivity contribution is -0.121. The molecule has 0 aromatic heterocycles. The van der Waals surface area contributed by atoms with Gasteiger partial charge in [-0.1, -0.05) is 18.2 Å². The Morgan fingerprint density at radius 3 is 2.42 bits per heavy atom. The third-order valence-electron chi connectivity index (χ3n) is 2.51. The van der Waals surface area contributed by atoms with E-state index in [-0.39, 0.29) is 17.3 Å². The highest BCUT2D eigenvalue weighted by molar-refractivity contribution is 7.89. The van der Waals surface area contributed by atoms with Gasteiger partial charge in [-0.2, -0.15) is 4.31 Å².